The van der Waals surface area contributed by atoms with Crippen LogP contribution in [0.3, 0.4) is 0 Å². The fourth-order valence-corrected chi connectivity index (χ4v) is 2.55. The molecule has 2 N–H and O–H groups in total. The Morgan fingerprint density at radius 3 is 2.78 bits per heavy atom. The Morgan fingerprint density at radius 2 is 2.04 bits per heavy atom. The predicted octanol–water partition coefficient (Wildman–Crippen LogP) is -0.120. The summed E-state index contributed by atoms with van der Waals surface area (Å²) in [4.78, 5) is 30.3. The van der Waals surface area contributed by atoms with E-state index in [1.165, 1.54) is 0 Å². The van der Waals surface area contributed by atoms with E-state index in [1.54, 1.807) is 0 Å². The van der Waals surface area contributed by atoms with Crippen LogP contribution in [0.1, 0.15) is 12.0 Å². The van der Waals surface area contributed by atoms with Crippen LogP contribution >= 0.6 is 0 Å². The fraction of sp³-hybridized carbons (Fsp3) is 0.438. The third-order valence-corrected chi connectivity index (χ3v) is 3.84. The van der Waals surface area contributed by atoms with Crippen LogP contribution in [0, 0.1) is 0 Å². The van der Waals surface area contributed by atoms with Crippen molar-refractivity contribution in [3.63, 3.8) is 0 Å². The molecule has 0 spiro atoms. The van der Waals surface area contributed by atoms with Crippen LogP contribution < -0.4 is 10.6 Å². The molecule has 0 aromatic heterocycles. The van der Waals surface area contributed by atoms with Gasteiger partial charge in [0.25, 0.3) is 5.91 Å². The lowest BCUT2D eigenvalue weighted by Crippen LogP contribution is -2.46. The molecule has 1 atom stereocenters. The number of rotatable bonds is 4. The van der Waals surface area contributed by atoms with Gasteiger partial charge < -0.3 is 15.0 Å². The molecule has 0 bridgehead atoms. The first-order chi connectivity index (χ1) is 11.2. The minimum absolute atomic E-state index is 0.0620. The summed E-state index contributed by atoms with van der Waals surface area (Å²) < 4.78 is 5.28. The second-order valence-corrected chi connectivity index (χ2v) is 5.52. The average Bonchev–Trinajstić information content (AvgIpc) is 2.95. The molecule has 2 amide bonds. The molecule has 0 saturated carbocycles. The lowest BCUT2D eigenvalue weighted by atomic mass is 10.2. The van der Waals surface area contributed by atoms with Crippen molar-refractivity contribution >= 4 is 17.8 Å². The van der Waals surface area contributed by atoms with Crippen molar-refractivity contribution in [2.45, 2.75) is 19.0 Å². The second-order valence-electron chi connectivity index (χ2n) is 5.52. The molecule has 0 unspecified atom stereocenters. The molecule has 0 aliphatic carbocycles. The molecule has 0 radical (unpaired) electrons. The number of carbonyl (C=O) groups is 2. The average molecular weight is 316 g/mol. The summed E-state index contributed by atoms with van der Waals surface area (Å²) in [6.07, 6.45) is 0.0620. The Labute approximate surface area is 134 Å². The zero-order valence-corrected chi connectivity index (χ0v) is 12.8. The van der Waals surface area contributed by atoms with Gasteiger partial charge in [0.1, 0.15) is 6.04 Å². The molecule has 1 aromatic rings. The van der Waals surface area contributed by atoms with E-state index >= 15 is 0 Å². The van der Waals surface area contributed by atoms with Gasteiger partial charge in [-0.05, 0) is 5.56 Å². The number of nitrogens with one attached hydrogen (secondary N) is 2. The Morgan fingerprint density at radius 1 is 1.30 bits per heavy atom. The Bertz CT molecular complexity index is 597. The summed E-state index contributed by atoms with van der Waals surface area (Å²) in [7, 11) is 0. The van der Waals surface area contributed by atoms with E-state index in [-0.39, 0.29) is 18.2 Å². The van der Waals surface area contributed by atoms with Gasteiger partial charge in [0.05, 0.1) is 19.6 Å². The van der Waals surface area contributed by atoms with Crippen molar-refractivity contribution < 1.29 is 14.3 Å². The first-order valence-electron chi connectivity index (χ1n) is 7.74. The fourth-order valence-electron chi connectivity index (χ4n) is 2.55. The SMILES string of the molecule is O=C(C[C@@H]1N=C(N2CCOCC2)NC1=O)NCc1ccccc1. The van der Waals surface area contributed by atoms with Gasteiger partial charge in [0.15, 0.2) is 0 Å². The van der Waals surface area contributed by atoms with Gasteiger partial charge in [0.2, 0.25) is 11.9 Å². The highest BCUT2D eigenvalue weighted by Crippen LogP contribution is 2.09. The maximum absolute atomic E-state index is 12.0. The first-order valence-corrected chi connectivity index (χ1v) is 7.74. The molecule has 2 aliphatic heterocycles. The van der Waals surface area contributed by atoms with Crippen LogP contribution in [0.25, 0.3) is 0 Å². The molecule has 23 heavy (non-hydrogen) atoms. The molecule has 1 saturated heterocycles. The Kier molecular flexibility index (Phi) is 4.87. The number of guanidine groups is 1. The van der Waals surface area contributed by atoms with Crippen LogP contribution in [-0.2, 0) is 20.9 Å². The molecule has 2 heterocycles. The van der Waals surface area contributed by atoms with Crippen LogP contribution in [-0.4, -0.2) is 55.0 Å². The number of ether oxygens (including phenoxy) is 1. The van der Waals surface area contributed by atoms with E-state index in [9.17, 15) is 9.59 Å². The minimum Gasteiger partial charge on any atom is -0.378 e. The number of aliphatic imine (C=N–C) groups is 1. The lowest BCUT2D eigenvalue weighted by molar-refractivity contribution is -0.126. The minimum atomic E-state index is -0.649. The molecule has 122 valence electrons. The zero-order chi connectivity index (χ0) is 16.1. The summed E-state index contributed by atoms with van der Waals surface area (Å²) >= 11 is 0. The lowest BCUT2D eigenvalue weighted by Gasteiger charge is -2.27. The third kappa shape index (κ3) is 4.07. The largest absolute Gasteiger partial charge is 0.378 e. The molecule has 1 fully saturated rings. The van der Waals surface area contributed by atoms with Crippen LogP contribution in [0.2, 0.25) is 0 Å². The molecule has 7 nitrogen and oxygen atoms in total. The Hall–Kier alpha value is -2.41. The number of benzene rings is 1. The van der Waals surface area contributed by atoms with Crippen molar-refractivity contribution in [3.8, 4) is 0 Å². The number of nitrogens with zero attached hydrogens (tertiary/aromatic N) is 2. The van der Waals surface area contributed by atoms with Crippen molar-refractivity contribution in [2.75, 3.05) is 26.3 Å². The van der Waals surface area contributed by atoms with Gasteiger partial charge >= 0.3 is 0 Å². The highest BCUT2D eigenvalue weighted by molar-refractivity contribution is 6.06. The number of carbonyl (C=O) groups excluding carboxylic acids is 2. The van der Waals surface area contributed by atoms with E-state index in [0.29, 0.717) is 38.8 Å². The van der Waals surface area contributed by atoms with Gasteiger partial charge in [0, 0.05) is 19.6 Å². The van der Waals surface area contributed by atoms with E-state index in [4.69, 9.17) is 4.74 Å². The zero-order valence-electron chi connectivity index (χ0n) is 12.8. The number of amides is 2. The molecule has 7 heteroatoms. The van der Waals surface area contributed by atoms with E-state index < -0.39 is 6.04 Å². The molecular formula is C16H20N4O3. The highest BCUT2D eigenvalue weighted by Gasteiger charge is 2.31. The number of morpholine rings is 1. The monoisotopic (exact) mass is 316 g/mol. The molecular weight excluding hydrogens is 296 g/mol. The number of hydrogen-bond donors (Lipinski definition) is 2. The highest BCUT2D eigenvalue weighted by atomic mass is 16.5. The van der Waals surface area contributed by atoms with Gasteiger partial charge in [-0.25, -0.2) is 4.99 Å². The van der Waals surface area contributed by atoms with E-state index in [0.717, 1.165) is 5.56 Å². The van der Waals surface area contributed by atoms with E-state index in [1.807, 2.05) is 35.2 Å². The van der Waals surface area contributed by atoms with Gasteiger partial charge in [-0.3, -0.25) is 14.9 Å². The molecule has 1 aromatic carbocycles. The normalized spacial score (nSPS) is 20.9. The summed E-state index contributed by atoms with van der Waals surface area (Å²) in [5, 5.41) is 5.57. The van der Waals surface area contributed by atoms with Gasteiger partial charge in [-0.15, -0.1) is 0 Å². The first kappa shape index (κ1) is 15.5. The van der Waals surface area contributed by atoms with Crippen molar-refractivity contribution in [1.82, 2.24) is 15.5 Å². The number of hydrogen-bond acceptors (Lipinski definition) is 5. The van der Waals surface area contributed by atoms with Crippen molar-refractivity contribution in [3.05, 3.63) is 35.9 Å². The van der Waals surface area contributed by atoms with E-state index in [2.05, 4.69) is 15.6 Å². The quantitative estimate of drug-likeness (QED) is 0.811. The van der Waals surface area contributed by atoms with Crippen molar-refractivity contribution in [1.29, 1.82) is 0 Å². The van der Waals surface area contributed by atoms with Crippen LogP contribution in [0.4, 0.5) is 0 Å². The smallest absolute Gasteiger partial charge is 0.252 e. The summed E-state index contributed by atoms with van der Waals surface area (Å²) in [6, 6.07) is 9.00. The summed E-state index contributed by atoms with van der Waals surface area (Å²) in [6.45, 7) is 3.10. The standard InChI is InChI=1S/C16H20N4O3/c21-14(17-11-12-4-2-1-3-5-12)10-13-15(22)19-16(18-13)20-6-8-23-9-7-20/h1-5,13H,6-11H2,(H,17,21)(H,18,19,22)/t13-/m0/s1. The third-order valence-electron chi connectivity index (χ3n) is 3.84. The van der Waals surface area contributed by atoms with Crippen LogP contribution in [0.5, 0.6) is 0 Å². The topological polar surface area (TPSA) is 83.0 Å². The van der Waals surface area contributed by atoms with Crippen molar-refractivity contribution in [2.24, 2.45) is 4.99 Å². The maximum atomic E-state index is 12.0. The molecule has 2 aliphatic rings. The Balaban J connectivity index is 1.51. The maximum Gasteiger partial charge on any atom is 0.252 e. The van der Waals surface area contributed by atoms with Gasteiger partial charge in [-0.2, -0.15) is 0 Å². The molecule has 3 rings (SSSR count). The summed E-state index contributed by atoms with van der Waals surface area (Å²) in [5.74, 6) is 0.154. The predicted molar refractivity (Wildman–Crippen MR) is 84.7 cm³/mol. The summed E-state index contributed by atoms with van der Waals surface area (Å²) in [5.41, 5.74) is 1.02. The van der Waals surface area contributed by atoms with Crippen LogP contribution in [0.15, 0.2) is 35.3 Å². The second kappa shape index (κ2) is 7.23. The van der Waals surface area contributed by atoms with Gasteiger partial charge in [-0.1, -0.05) is 30.3 Å².